The summed E-state index contributed by atoms with van der Waals surface area (Å²) in [7, 11) is 7.64. The molecule has 9 heteroatoms. The van der Waals surface area contributed by atoms with Crippen LogP contribution in [0.3, 0.4) is 0 Å². The van der Waals surface area contributed by atoms with Crippen LogP contribution in [0.2, 0.25) is 0 Å². The number of nitrogens with zero attached hydrogens (tertiary/aromatic N) is 1. The molecule has 0 rings (SSSR count). The quantitative estimate of drug-likeness (QED) is 0.0263. The SMILES string of the molecule is COCCCCCCCCCOC(=O)CCCCCCCP(CCCCCCCC(=O)OCCCCCCCCC(=O)OC)CCCCCN(C)C. The molecule has 0 saturated carbocycles. The smallest absolute Gasteiger partial charge is 0.305 e. The third-order valence-corrected chi connectivity index (χ3v) is 12.7. The summed E-state index contributed by atoms with van der Waals surface area (Å²) in [4.78, 5) is 37.6. The summed E-state index contributed by atoms with van der Waals surface area (Å²) in [6, 6.07) is 0. The van der Waals surface area contributed by atoms with Crippen LogP contribution >= 0.6 is 7.92 Å². The average Bonchev–Trinajstić information content (AvgIpc) is 3.13. The largest absolute Gasteiger partial charge is 0.469 e. The van der Waals surface area contributed by atoms with E-state index in [1.807, 2.05) is 0 Å². The molecule has 0 aliphatic carbocycles. The van der Waals surface area contributed by atoms with Crippen LogP contribution in [0.4, 0.5) is 0 Å². The summed E-state index contributed by atoms with van der Waals surface area (Å²) in [5.41, 5.74) is 0. The molecule has 0 bridgehead atoms. The highest BCUT2D eigenvalue weighted by Crippen LogP contribution is 2.39. The van der Waals surface area contributed by atoms with Gasteiger partial charge in [-0.3, -0.25) is 14.4 Å². The zero-order valence-electron chi connectivity index (χ0n) is 34.7. The molecular weight excluding hydrogens is 673 g/mol. The van der Waals surface area contributed by atoms with Crippen molar-refractivity contribution in [3.05, 3.63) is 0 Å². The van der Waals surface area contributed by atoms with Gasteiger partial charge in [0.15, 0.2) is 0 Å². The van der Waals surface area contributed by atoms with Crippen LogP contribution in [-0.2, 0) is 33.3 Å². The maximum Gasteiger partial charge on any atom is 0.305 e. The van der Waals surface area contributed by atoms with E-state index in [0.29, 0.717) is 32.5 Å². The van der Waals surface area contributed by atoms with Gasteiger partial charge in [0.2, 0.25) is 0 Å². The molecule has 1 unspecified atom stereocenters. The number of hydrogen-bond acceptors (Lipinski definition) is 8. The van der Waals surface area contributed by atoms with E-state index in [2.05, 4.69) is 23.7 Å². The lowest BCUT2D eigenvalue weighted by Crippen LogP contribution is -2.12. The zero-order valence-corrected chi connectivity index (χ0v) is 35.6. The van der Waals surface area contributed by atoms with Crippen molar-refractivity contribution < 1.29 is 33.3 Å². The molecule has 308 valence electrons. The van der Waals surface area contributed by atoms with Gasteiger partial charge in [-0.2, -0.15) is 0 Å². The molecule has 0 aromatic heterocycles. The molecule has 0 N–H and O–H groups in total. The van der Waals surface area contributed by atoms with E-state index >= 15 is 0 Å². The Labute approximate surface area is 322 Å². The van der Waals surface area contributed by atoms with Crippen molar-refractivity contribution in [3.8, 4) is 0 Å². The van der Waals surface area contributed by atoms with Crippen LogP contribution < -0.4 is 0 Å². The Balaban J connectivity index is 3.89. The molecule has 0 spiro atoms. The molecule has 0 saturated heterocycles. The second kappa shape index (κ2) is 40.9. The van der Waals surface area contributed by atoms with Gasteiger partial charge in [0, 0.05) is 33.0 Å². The summed E-state index contributed by atoms with van der Waals surface area (Å²) in [6.07, 6.45) is 36.2. The van der Waals surface area contributed by atoms with Crippen molar-refractivity contribution >= 4 is 25.8 Å². The number of rotatable bonds is 41. The highest BCUT2D eigenvalue weighted by atomic mass is 31.1. The van der Waals surface area contributed by atoms with E-state index in [0.717, 1.165) is 90.1 Å². The summed E-state index contributed by atoms with van der Waals surface area (Å²) in [6.45, 7) is 3.18. The predicted octanol–water partition coefficient (Wildman–Crippen LogP) is 11.2. The van der Waals surface area contributed by atoms with E-state index in [4.69, 9.17) is 14.2 Å². The van der Waals surface area contributed by atoms with Gasteiger partial charge in [-0.25, -0.2) is 0 Å². The Bertz CT molecular complexity index is 797. The molecule has 0 aromatic rings. The lowest BCUT2D eigenvalue weighted by molar-refractivity contribution is -0.144. The second-order valence-electron chi connectivity index (χ2n) is 15.1. The van der Waals surface area contributed by atoms with Crippen molar-refractivity contribution in [3.63, 3.8) is 0 Å². The Kier molecular flexibility index (Phi) is 40.0. The van der Waals surface area contributed by atoms with Crippen LogP contribution in [0.15, 0.2) is 0 Å². The molecule has 0 aliphatic heterocycles. The molecule has 0 aromatic carbocycles. The number of carbonyl (C=O) groups excluding carboxylic acids is 3. The first kappa shape index (κ1) is 50.8. The van der Waals surface area contributed by atoms with Crippen LogP contribution in [0.25, 0.3) is 0 Å². The van der Waals surface area contributed by atoms with Crippen molar-refractivity contribution in [2.24, 2.45) is 0 Å². The monoisotopic (exact) mass is 758 g/mol. The Morgan fingerprint density at radius 3 is 1.12 bits per heavy atom. The summed E-state index contributed by atoms with van der Waals surface area (Å²) in [5.74, 6) is -0.184. The second-order valence-corrected chi connectivity index (χ2v) is 17.8. The number of unbranched alkanes of at least 4 members (excludes halogenated alkanes) is 21. The number of hydrogen-bond donors (Lipinski definition) is 0. The number of methoxy groups -OCH3 is 2. The summed E-state index contributed by atoms with van der Waals surface area (Å²) in [5, 5.41) is 0. The lowest BCUT2D eigenvalue weighted by Gasteiger charge is -2.18. The third-order valence-electron chi connectivity index (χ3n) is 9.81. The number of ether oxygens (including phenoxy) is 4. The maximum atomic E-state index is 12.1. The molecule has 0 heterocycles. The number of carbonyl (C=O) groups is 3. The minimum Gasteiger partial charge on any atom is -0.469 e. The molecule has 0 radical (unpaired) electrons. The van der Waals surface area contributed by atoms with Gasteiger partial charge in [-0.05, 0) is 103 Å². The van der Waals surface area contributed by atoms with E-state index in [9.17, 15) is 14.4 Å². The molecule has 52 heavy (non-hydrogen) atoms. The van der Waals surface area contributed by atoms with E-state index < -0.39 is 0 Å². The predicted molar refractivity (Wildman–Crippen MR) is 220 cm³/mol. The summed E-state index contributed by atoms with van der Waals surface area (Å²) >= 11 is 0. The minimum atomic E-state index is -0.127. The van der Waals surface area contributed by atoms with Crippen molar-refractivity contribution in [1.29, 1.82) is 0 Å². The molecule has 0 aliphatic rings. The maximum absolute atomic E-state index is 12.1. The van der Waals surface area contributed by atoms with Gasteiger partial charge in [0.05, 0.1) is 20.3 Å². The first-order valence-corrected chi connectivity index (χ1v) is 23.5. The highest BCUT2D eigenvalue weighted by molar-refractivity contribution is 7.57. The van der Waals surface area contributed by atoms with Gasteiger partial charge in [0.1, 0.15) is 0 Å². The van der Waals surface area contributed by atoms with Crippen molar-refractivity contribution in [2.75, 3.05) is 73.2 Å². The first-order chi connectivity index (χ1) is 25.4. The Morgan fingerprint density at radius 2 is 0.731 bits per heavy atom. The van der Waals surface area contributed by atoms with Crippen LogP contribution in [-0.4, -0.2) is 96.0 Å². The van der Waals surface area contributed by atoms with E-state index in [-0.39, 0.29) is 25.8 Å². The summed E-state index contributed by atoms with van der Waals surface area (Å²) < 4.78 is 20.7. The molecular formula is C43H84NO7P. The van der Waals surface area contributed by atoms with E-state index in [1.54, 1.807) is 7.11 Å². The molecule has 1 atom stereocenters. The topological polar surface area (TPSA) is 91.4 Å². The molecule has 0 fully saturated rings. The van der Waals surface area contributed by atoms with Gasteiger partial charge in [-0.1, -0.05) is 103 Å². The van der Waals surface area contributed by atoms with Crippen LogP contribution in [0, 0.1) is 0 Å². The number of esters is 3. The zero-order chi connectivity index (χ0) is 38.2. The van der Waals surface area contributed by atoms with Crippen LogP contribution in [0.1, 0.15) is 186 Å². The van der Waals surface area contributed by atoms with Crippen LogP contribution in [0.5, 0.6) is 0 Å². The van der Waals surface area contributed by atoms with Crippen molar-refractivity contribution in [1.82, 2.24) is 4.90 Å². The average molecular weight is 758 g/mol. The fraction of sp³-hybridized carbons (Fsp3) is 0.930. The third kappa shape index (κ3) is 40.0. The normalized spacial score (nSPS) is 11.9. The molecule has 8 nitrogen and oxygen atoms in total. The minimum absolute atomic E-state index is 0.0127. The Hall–Kier alpha value is -1.24. The van der Waals surface area contributed by atoms with Gasteiger partial charge in [-0.15, -0.1) is 7.92 Å². The van der Waals surface area contributed by atoms with Gasteiger partial charge >= 0.3 is 17.9 Å². The first-order valence-electron chi connectivity index (χ1n) is 21.6. The van der Waals surface area contributed by atoms with Gasteiger partial charge in [0.25, 0.3) is 0 Å². The lowest BCUT2D eigenvalue weighted by atomic mass is 10.1. The van der Waals surface area contributed by atoms with Gasteiger partial charge < -0.3 is 23.8 Å². The standard InChI is InChI=1S/C43H84NO7P/c1-44(2)34-24-20-30-40-52(38-28-18-10-13-22-32-42(46)50-36-26-16-8-5-7-15-25-35-48-3)39-29-19-11-14-23-33-43(47)51-37-27-17-9-6-12-21-31-41(45)49-4/h5-40H2,1-4H3. The Morgan fingerprint density at radius 1 is 0.404 bits per heavy atom. The molecule has 0 amide bonds. The fourth-order valence-electron chi connectivity index (χ4n) is 6.48. The van der Waals surface area contributed by atoms with Crippen molar-refractivity contribution in [2.45, 2.75) is 186 Å². The van der Waals surface area contributed by atoms with E-state index in [1.165, 1.54) is 116 Å². The fourth-order valence-corrected chi connectivity index (χ4v) is 9.16. The highest BCUT2D eigenvalue weighted by Gasteiger charge is 2.09.